The molecule has 2 aromatic rings. The van der Waals surface area contributed by atoms with Gasteiger partial charge in [0.2, 0.25) is 0 Å². The fraction of sp³-hybridized carbons (Fsp3) is 0.250. The largest absolute Gasteiger partial charge is 0.386 e. The van der Waals surface area contributed by atoms with E-state index < -0.39 is 11.6 Å². The molecular weight excluding hydrogens is 280 g/mol. The van der Waals surface area contributed by atoms with E-state index in [-0.39, 0.29) is 17.2 Å². The van der Waals surface area contributed by atoms with Crippen LogP contribution in [0.5, 0.6) is 0 Å². The van der Waals surface area contributed by atoms with Gasteiger partial charge in [-0.1, -0.05) is 0 Å². The van der Waals surface area contributed by atoms with E-state index in [1.807, 2.05) is 6.07 Å². The van der Waals surface area contributed by atoms with Gasteiger partial charge in [0.1, 0.15) is 11.9 Å². The smallest absolute Gasteiger partial charge is 0.290 e. The lowest BCUT2D eigenvalue weighted by molar-refractivity contribution is 0.0127. The third-order valence-corrected chi connectivity index (χ3v) is 2.50. The fourth-order valence-corrected chi connectivity index (χ4v) is 1.55. The number of hydrogen-bond donors (Lipinski definition) is 2. The maximum atomic E-state index is 13.3. The molecule has 2 N–H and O–H groups in total. The van der Waals surface area contributed by atoms with Gasteiger partial charge in [-0.3, -0.25) is 0 Å². The third kappa shape index (κ3) is 3.36. The summed E-state index contributed by atoms with van der Waals surface area (Å²) >= 11 is 0. The zero-order valence-corrected chi connectivity index (χ0v) is 11.2. The number of alkyl halides is 2. The molecule has 0 saturated heterocycles. The maximum Gasteiger partial charge on any atom is 0.290 e. The summed E-state index contributed by atoms with van der Waals surface area (Å²) in [6.45, 7) is 0.747. The lowest BCUT2D eigenvalue weighted by atomic mass is 10.2. The van der Waals surface area contributed by atoms with Gasteiger partial charge in [-0.15, -0.1) is 10.2 Å². The number of nitriles is 1. The number of hydrogen-bond acceptors (Lipinski definition) is 7. The van der Waals surface area contributed by atoms with E-state index in [4.69, 9.17) is 5.26 Å². The van der Waals surface area contributed by atoms with Gasteiger partial charge in [0.05, 0.1) is 18.1 Å². The van der Waals surface area contributed by atoms with Crippen molar-refractivity contribution in [2.75, 3.05) is 17.7 Å². The number of rotatable bonds is 4. The number of halogens is 2. The Balaban J connectivity index is 2.27. The second kappa shape index (κ2) is 5.62. The van der Waals surface area contributed by atoms with Gasteiger partial charge in [0.25, 0.3) is 5.92 Å². The molecule has 0 aromatic carbocycles. The topological polar surface area (TPSA) is 99.4 Å². The minimum Gasteiger partial charge on any atom is -0.386 e. The van der Waals surface area contributed by atoms with Crippen molar-refractivity contribution < 1.29 is 8.78 Å². The molecule has 21 heavy (non-hydrogen) atoms. The van der Waals surface area contributed by atoms with Crippen LogP contribution in [0, 0.1) is 11.3 Å². The molecule has 2 heterocycles. The van der Waals surface area contributed by atoms with Gasteiger partial charge in [-0.2, -0.15) is 14.0 Å². The molecule has 0 saturated carbocycles. The van der Waals surface area contributed by atoms with Crippen LogP contribution in [0.3, 0.4) is 0 Å². The summed E-state index contributed by atoms with van der Waals surface area (Å²) in [5, 5.41) is 21.2. The van der Waals surface area contributed by atoms with E-state index in [1.54, 1.807) is 0 Å². The zero-order chi connectivity index (χ0) is 15.5. The van der Waals surface area contributed by atoms with Crippen LogP contribution in [0.15, 0.2) is 18.5 Å². The second-order valence-corrected chi connectivity index (χ2v) is 4.15. The molecule has 9 heteroatoms. The lowest BCUT2D eigenvalue weighted by Crippen LogP contribution is -2.15. The summed E-state index contributed by atoms with van der Waals surface area (Å²) < 4.78 is 26.7. The van der Waals surface area contributed by atoms with Crippen molar-refractivity contribution in [1.29, 1.82) is 5.26 Å². The van der Waals surface area contributed by atoms with Crippen molar-refractivity contribution in [2.45, 2.75) is 12.8 Å². The van der Waals surface area contributed by atoms with E-state index in [9.17, 15) is 8.78 Å². The van der Waals surface area contributed by atoms with Crippen LogP contribution in [-0.4, -0.2) is 27.2 Å². The van der Waals surface area contributed by atoms with E-state index in [0.717, 1.165) is 6.92 Å². The first kappa shape index (κ1) is 14.5. The predicted octanol–water partition coefficient (Wildman–Crippen LogP) is 2.04. The van der Waals surface area contributed by atoms with E-state index in [0.29, 0.717) is 5.82 Å². The molecule has 7 nitrogen and oxygen atoms in total. The Morgan fingerprint density at radius 1 is 1.19 bits per heavy atom. The van der Waals surface area contributed by atoms with Gasteiger partial charge in [0, 0.05) is 20.0 Å². The molecule has 0 bridgehead atoms. The van der Waals surface area contributed by atoms with Crippen LogP contribution >= 0.6 is 0 Å². The number of aromatic nitrogens is 4. The van der Waals surface area contributed by atoms with Crippen molar-refractivity contribution >= 4 is 17.3 Å². The molecule has 0 aliphatic rings. The summed E-state index contributed by atoms with van der Waals surface area (Å²) in [5.74, 6) is -2.55. The van der Waals surface area contributed by atoms with Crippen LogP contribution in [0.25, 0.3) is 0 Å². The Labute approximate surface area is 119 Å². The Hall–Kier alpha value is -2.89. The van der Waals surface area contributed by atoms with Crippen LogP contribution in [0.1, 0.15) is 18.3 Å². The summed E-state index contributed by atoms with van der Waals surface area (Å²) in [7, 11) is 1.51. The average Bonchev–Trinajstić information content (AvgIpc) is 2.46. The highest BCUT2D eigenvalue weighted by atomic mass is 19.3. The second-order valence-electron chi connectivity index (χ2n) is 4.15. The SMILES string of the molecule is CNc1cc(Nc2cnc(C#N)cn2)nnc1C(C)(F)F. The maximum absolute atomic E-state index is 13.3. The predicted molar refractivity (Wildman–Crippen MR) is 71.2 cm³/mol. The van der Waals surface area contributed by atoms with Gasteiger partial charge in [-0.25, -0.2) is 9.97 Å². The quantitative estimate of drug-likeness (QED) is 0.889. The van der Waals surface area contributed by atoms with Gasteiger partial charge >= 0.3 is 0 Å². The van der Waals surface area contributed by atoms with Crippen LogP contribution in [-0.2, 0) is 5.92 Å². The van der Waals surface area contributed by atoms with Crippen molar-refractivity contribution in [3.63, 3.8) is 0 Å². The Bertz CT molecular complexity index is 673. The van der Waals surface area contributed by atoms with Gasteiger partial charge in [-0.05, 0) is 0 Å². The fourth-order valence-electron chi connectivity index (χ4n) is 1.55. The molecule has 0 spiro atoms. The Morgan fingerprint density at radius 3 is 2.48 bits per heavy atom. The first-order chi connectivity index (χ1) is 9.94. The van der Waals surface area contributed by atoms with Gasteiger partial charge < -0.3 is 10.6 Å². The van der Waals surface area contributed by atoms with Crippen molar-refractivity contribution in [1.82, 2.24) is 20.2 Å². The standard InChI is InChI=1S/C12H11F2N7/c1-12(13,14)11-8(16-2)3-9(20-21-11)19-10-6-17-7(4-15)5-18-10/h3,5-6H,1-2H3,(H2,16,18,19,20). The summed E-state index contributed by atoms with van der Waals surface area (Å²) in [6, 6.07) is 3.23. The third-order valence-electron chi connectivity index (χ3n) is 2.50. The molecule has 0 unspecified atom stereocenters. The average molecular weight is 291 g/mol. The molecule has 0 aliphatic heterocycles. The van der Waals surface area contributed by atoms with E-state index >= 15 is 0 Å². The van der Waals surface area contributed by atoms with Crippen molar-refractivity contribution in [2.24, 2.45) is 0 Å². The summed E-state index contributed by atoms with van der Waals surface area (Å²) in [6.07, 6.45) is 2.62. The van der Waals surface area contributed by atoms with Crippen LogP contribution in [0.4, 0.5) is 26.1 Å². The molecule has 2 rings (SSSR count). The zero-order valence-electron chi connectivity index (χ0n) is 11.2. The normalized spacial score (nSPS) is 10.8. The minimum absolute atomic E-state index is 0.154. The monoisotopic (exact) mass is 291 g/mol. The summed E-state index contributed by atoms with van der Waals surface area (Å²) in [4.78, 5) is 7.76. The molecule has 0 amide bonds. The number of nitrogens with one attached hydrogen (secondary N) is 2. The highest BCUT2D eigenvalue weighted by Gasteiger charge is 2.30. The molecule has 108 valence electrons. The first-order valence-electron chi connectivity index (χ1n) is 5.87. The van der Waals surface area contributed by atoms with Crippen LogP contribution in [0.2, 0.25) is 0 Å². The Morgan fingerprint density at radius 2 is 1.95 bits per heavy atom. The molecule has 0 fully saturated rings. The van der Waals surface area contributed by atoms with Crippen LogP contribution < -0.4 is 10.6 Å². The van der Waals surface area contributed by atoms with Crippen molar-refractivity contribution in [3.05, 3.63) is 29.8 Å². The van der Waals surface area contributed by atoms with Crippen molar-refractivity contribution in [3.8, 4) is 6.07 Å². The highest BCUT2D eigenvalue weighted by Crippen LogP contribution is 2.31. The molecule has 2 aromatic heterocycles. The molecule has 0 atom stereocenters. The highest BCUT2D eigenvalue weighted by molar-refractivity contribution is 5.59. The lowest BCUT2D eigenvalue weighted by Gasteiger charge is -2.14. The number of anilines is 3. The Kier molecular flexibility index (Phi) is 3.89. The number of nitrogens with zero attached hydrogens (tertiary/aromatic N) is 5. The molecule has 0 radical (unpaired) electrons. The minimum atomic E-state index is -3.10. The van der Waals surface area contributed by atoms with E-state index in [2.05, 4.69) is 30.8 Å². The van der Waals surface area contributed by atoms with E-state index in [1.165, 1.54) is 25.5 Å². The summed E-state index contributed by atoms with van der Waals surface area (Å²) in [5.41, 5.74) is -0.119. The van der Waals surface area contributed by atoms with Gasteiger partial charge in [0.15, 0.2) is 17.2 Å². The first-order valence-corrected chi connectivity index (χ1v) is 5.87. The molecule has 0 aliphatic carbocycles. The molecular formula is C12H11F2N7.